The summed E-state index contributed by atoms with van der Waals surface area (Å²) in [6.07, 6.45) is -0.124. The number of fused-ring (bicyclic) bond motifs is 1. The van der Waals surface area contributed by atoms with Gasteiger partial charge in [0.25, 0.3) is 0 Å². The first kappa shape index (κ1) is 20.7. The van der Waals surface area contributed by atoms with Crippen molar-refractivity contribution in [3.63, 3.8) is 0 Å². The lowest BCUT2D eigenvalue weighted by molar-refractivity contribution is -0.619. The first-order chi connectivity index (χ1) is 14.9. The third-order valence-electron chi connectivity index (χ3n) is 5.36. The predicted octanol–water partition coefficient (Wildman–Crippen LogP) is 4.28. The molecule has 0 fully saturated rings. The van der Waals surface area contributed by atoms with Gasteiger partial charge in [0.05, 0.1) is 6.04 Å². The Bertz CT molecular complexity index is 1090. The van der Waals surface area contributed by atoms with Crippen LogP contribution in [0, 0.1) is 17.9 Å². The summed E-state index contributed by atoms with van der Waals surface area (Å²) in [4.78, 5) is 14.4. The molecule has 0 aliphatic carbocycles. The van der Waals surface area contributed by atoms with E-state index in [1.165, 1.54) is 17.0 Å². The molecule has 2 heterocycles. The molecule has 2 aromatic carbocycles. The van der Waals surface area contributed by atoms with Gasteiger partial charge in [-0.1, -0.05) is 42.5 Å². The summed E-state index contributed by atoms with van der Waals surface area (Å²) in [5, 5.41) is 12.9. The smallest absolute Gasteiger partial charge is 0.415 e. The molecule has 1 aliphatic heterocycles. The minimum absolute atomic E-state index is 0.0788. The molecule has 6 nitrogen and oxygen atoms in total. The third kappa shape index (κ3) is 4.30. The van der Waals surface area contributed by atoms with Crippen molar-refractivity contribution in [2.75, 3.05) is 11.5 Å². The summed E-state index contributed by atoms with van der Waals surface area (Å²) < 4.78 is 25.1. The number of rotatable bonds is 4. The molecule has 1 amide bonds. The zero-order chi connectivity index (χ0) is 22.0. The van der Waals surface area contributed by atoms with Gasteiger partial charge in [0.2, 0.25) is 0 Å². The number of ether oxygens (including phenoxy) is 2. The molecule has 31 heavy (non-hydrogen) atoms. The van der Waals surface area contributed by atoms with E-state index in [9.17, 15) is 14.4 Å². The van der Waals surface area contributed by atoms with Crippen molar-refractivity contribution in [3.05, 3.63) is 94.1 Å². The third-order valence-corrected chi connectivity index (χ3v) is 5.36. The standard InChI is InChI=1S/C24H23FN2O4/c1-16-14-30-23-22(26(16)24(28)31-15-19-6-4-3-5-7-19)13-20(17(2)27(23)29)12-18-8-10-21(25)11-9-18/h3-11,13,16H,12,14-15H2,1-2H3. The monoisotopic (exact) mass is 422 g/mol. The van der Waals surface area contributed by atoms with Crippen LogP contribution in [0.15, 0.2) is 60.7 Å². The highest BCUT2D eigenvalue weighted by atomic mass is 19.1. The number of benzene rings is 2. The number of amides is 1. The van der Waals surface area contributed by atoms with Crippen molar-refractivity contribution in [1.29, 1.82) is 0 Å². The number of aromatic nitrogens is 1. The number of hydrogen-bond donors (Lipinski definition) is 0. The van der Waals surface area contributed by atoms with Gasteiger partial charge in [-0.2, -0.15) is 0 Å². The van der Waals surface area contributed by atoms with Gasteiger partial charge in [-0.3, -0.25) is 4.90 Å². The van der Waals surface area contributed by atoms with Crippen molar-refractivity contribution in [2.45, 2.75) is 32.9 Å². The van der Waals surface area contributed by atoms with Crippen LogP contribution in [0.5, 0.6) is 5.88 Å². The highest BCUT2D eigenvalue weighted by Gasteiger charge is 2.37. The van der Waals surface area contributed by atoms with Crippen molar-refractivity contribution in [3.8, 4) is 5.88 Å². The van der Waals surface area contributed by atoms with Gasteiger partial charge in [-0.15, -0.1) is 4.73 Å². The second-order valence-electron chi connectivity index (χ2n) is 7.61. The molecule has 7 heteroatoms. The van der Waals surface area contributed by atoms with E-state index in [-0.39, 0.29) is 31.0 Å². The van der Waals surface area contributed by atoms with Gasteiger partial charge in [-0.25, -0.2) is 9.18 Å². The molecule has 0 saturated heterocycles. The molecule has 4 rings (SSSR count). The van der Waals surface area contributed by atoms with Crippen LogP contribution >= 0.6 is 0 Å². The Balaban J connectivity index is 1.64. The Morgan fingerprint density at radius 3 is 2.61 bits per heavy atom. The second-order valence-corrected chi connectivity index (χ2v) is 7.61. The minimum Gasteiger partial charge on any atom is -0.616 e. The summed E-state index contributed by atoms with van der Waals surface area (Å²) in [6, 6.07) is 17.0. The van der Waals surface area contributed by atoms with E-state index in [0.717, 1.165) is 16.7 Å². The fraction of sp³-hybridized carbons (Fsp3) is 0.250. The van der Waals surface area contributed by atoms with E-state index in [1.54, 1.807) is 25.1 Å². The molecule has 1 unspecified atom stereocenters. The lowest BCUT2D eigenvalue weighted by Gasteiger charge is -2.33. The summed E-state index contributed by atoms with van der Waals surface area (Å²) in [5.41, 5.74) is 3.29. The topological polar surface area (TPSA) is 65.7 Å². The summed E-state index contributed by atoms with van der Waals surface area (Å²) in [5.74, 6) is -0.241. The van der Waals surface area contributed by atoms with Gasteiger partial charge >= 0.3 is 12.0 Å². The Labute approximate surface area is 180 Å². The Morgan fingerprint density at radius 2 is 1.90 bits per heavy atom. The van der Waals surface area contributed by atoms with E-state index in [2.05, 4.69) is 0 Å². The highest BCUT2D eigenvalue weighted by molar-refractivity contribution is 5.90. The number of halogens is 1. The Morgan fingerprint density at radius 1 is 1.19 bits per heavy atom. The molecule has 0 spiro atoms. The number of nitrogens with zero attached hydrogens (tertiary/aromatic N) is 2. The average molecular weight is 422 g/mol. The SMILES string of the molecule is Cc1c(Cc2ccc(F)cc2)cc2c([n+]1[O-])OCC(C)N2C(=O)OCc1ccccc1. The minimum atomic E-state index is -0.544. The van der Waals surface area contributed by atoms with E-state index < -0.39 is 6.09 Å². The second kappa shape index (κ2) is 8.63. The van der Waals surface area contributed by atoms with E-state index in [1.807, 2.05) is 37.3 Å². The van der Waals surface area contributed by atoms with Crippen LogP contribution in [-0.4, -0.2) is 18.7 Å². The average Bonchev–Trinajstić information content (AvgIpc) is 2.77. The summed E-state index contributed by atoms with van der Waals surface area (Å²) >= 11 is 0. The molecule has 3 aromatic rings. The first-order valence-corrected chi connectivity index (χ1v) is 10.1. The number of hydrogen-bond acceptors (Lipinski definition) is 4. The van der Waals surface area contributed by atoms with Crippen LogP contribution < -0.4 is 14.4 Å². The first-order valence-electron chi connectivity index (χ1n) is 10.1. The lowest BCUT2D eigenvalue weighted by Crippen LogP contribution is -2.49. The quantitative estimate of drug-likeness (QED) is 0.465. The molecule has 0 saturated carbocycles. The van der Waals surface area contributed by atoms with Crippen molar-refractivity contribution in [1.82, 2.24) is 0 Å². The van der Waals surface area contributed by atoms with E-state index in [0.29, 0.717) is 22.5 Å². The molecule has 0 radical (unpaired) electrons. The van der Waals surface area contributed by atoms with Gasteiger partial charge in [0.1, 0.15) is 19.0 Å². The molecular weight excluding hydrogens is 399 g/mol. The van der Waals surface area contributed by atoms with Crippen LogP contribution in [-0.2, 0) is 17.8 Å². The maximum absolute atomic E-state index is 13.2. The van der Waals surface area contributed by atoms with Crippen LogP contribution in [0.4, 0.5) is 14.9 Å². The Hall–Kier alpha value is -3.61. The predicted molar refractivity (Wildman–Crippen MR) is 113 cm³/mol. The molecule has 0 N–H and O–H groups in total. The fourth-order valence-corrected chi connectivity index (χ4v) is 3.60. The number of carbonyl (C=O) groups is 1. The molecule has 0 bridgehead atoms. The maximum Gasteiger partial charge on any atom is 0.415 e. The van der Waals surface area contributed by atoms with Gasteiger partial charge in [0, 0.05) is 18.9 Å². The van der Waals surface area contributed by atoms with Gasteiger partial charge < -0.3 is 14.7 Å². The number of carbonyl (C=O) groups excluding carboxylic acids is 1. The van der Waals surface area contributed by atoms with Crippen LogP contribution in [0.1, 0.15) is 29.3 Å². The van der Waals surface area contributed by atoms with Crippen LogP contribution in [0.2, 0.25) is 0 Å². The molecule has 160 valence electrons. The molecule has 1 aliphatic rings. The number of pyridine rings is 1. The summed E-state index contributed by atoms with van der Waals surface area (Å²) in [7, 11) is 0. The molecule has 1 atom stereocenters. The van der Waals surface area contributed by atoms with Gasteiger partial charge in [0.15, 0.2) is 11.4 Å². The van der Waals surface area contributed by atoms with Crippen LogP contribution in [0.3, 0.4) is 0 Å². The normalized spacial score (nSPS) is 15.2. The van der Waals surface area contributed by atoms with Crippen molar-refractivity contribution in [2.24, 2.45) is 0 Å². The Kier molecular flexibility index (Phi) is 5.75. The van der Waals surface area contributed by atoms with Gasteiger partial charge in [-0.05, 0) is 36.2 Å². The van der Waals surface area contributed by atoms with Crippen LogP contribution in [0.25, 0.3) is 0 Å². The maximum atomic E-state index is 13.2. The zero-order valence-corrected chi connectivity index (χ0v) is 17.4. The number of anilines is 1. The largest absolute Gasteiger partial charge is 0.616 e. The van der Waals surface area contributed by atoms with Crippen molar-refractivity contribution >= 4 is 11.8 Å². The summed E-state index contributed by atoms with van der Waals surface area (Å²) in [6.45, 7) is 3.85. The lowest BCUT2D eigenvalue weighted by atomic mass is 10.0. The molecular formula is C24H23FN2O4. The van der Waals surface area contributed by atoms with E-state index in [4.69, 9.17) is 9.47 Å². The highest BCUT2D eigenvalue weighted by Crippen LogP contribution is 2.34. The van der Waals surface area contributed by atoms with E-state index >= 15 is 0 Å². The molecule has 1 aromatic heterocycles. The fourth-order valence-electron chi connectivity index (χ4n) is 3.60. The zero-order valence-electron chi connectivity index (χ0n) is 17.4. The van der Waals surface area contributed by atoms with Crippen molar-refractivity contribution < 1.29 is 23.4 Å².